The first kappa shape index (κ1) is 27.8. The molecule has 0 aliphatic carbocycles. The number of aromatic amines is 1. The maximum atomic E-state index is 13.2. The van der Waals surface area contributed by atoms with Gasteiger partial charge in [0.2, 0.25) is 0 Å². The molecule has 2 rings (SSSR count). The molecule has 0 saturated heterocycles. The standard InChI is InChI=1S/C25H36N4O6/c1-5-7-13-29-22(26)21(23(31)27-25(29)33)28(14-15-34-4)19(30)16-35-24(32)20(17(3)6-2)18-11-9-8-10-12-18/h8-12,17,20H,5-7,13-16,26H2,1-4H3,(H,27,31,33). The second kappa shape index (κ2) is 13.5. The number of amides is 1. The van der Waals surface area contributed by atoms with Crippen molar-refractivity contribution in [2.24, 2.45) is 5.92 Å². The molecule has 2 atom stereocenters. The maximum Gasteiger partial charge on any atom is 0.330 e. The number of nitrogen functional groups attached to an aromatic ring is 1. The number of benzene rings is 1. The zero-order valence-corrected chi connectivity index (χ0v) is 20.9. The Kier molecular flexibility index (Phi) is 10.7. The van der Waals surface area contributed by atoms with E-state index in [4.69, 9.17) is 15.2 Å². The molecule has 0 fully saturated rings. The monoisotopic (exact) mass is 488 g/mol. The summed E-state index contributed by atoms with van der Waals surface area (Å²) < 4.78 is 11.7. The Morgan fingerprint density at radius 1 is 1.17 bits per heavy atom. The Bertz CT molecular complexity index is 1100. The molecule has 10 heteroatoms. The van der Waals surface area contributed by atoms with Crippen LogP contribution >= 0.6 is 0 Å². The summed E-state index contributed by atoms with van der Waals surface area (Å²) in [6, 6.07) is 9.26. The molecule has 0 aliphatic heterocycles. The Labute approximate surface area is 205 Å². The van der Waals surface area contributed by atoms with Crippen molar-refractivity contribution in [3.63, 3.8) is 0 Å². The molecular weight excluding hydrogens is 452 g/mol. The molecule has 0 saturated carbocycles. The molecule has 2 aromatic rings. The predicted molar refractivity (Wildman–Crippen MR) is 134 cm³/mol. The van der Waals surface area contributed by atoms with Gasteiger partial charge in [-0.25, -0.2) is 4.79 Å². The summed E-state index contributed by atoms with van der Waals surface area (Å²) in [5.41, 5.74) is 5.38. The number of hydrogen-bond donors (Lipinski definition) is 2. The van der Waals surface area contributed by atoms with Gasteiger partial charge in [-0.2, -0.15) is 0 Å². The molecule has 2 unspecified atom stereocenters. The van der Waals surface area contributed by atoms with Crippen molar-refractivity contribution in [1.82, 2.24) is 9.55 Å². The van der Waals surface area contributed by atoms with Crippen LogP contribution in [0.15, 0.2) is 39.9 Å². The van der Waals surface area contributed by atoms with Crippen molar-refractivity contribution < 1.29 is 19.1 Å². The average molecular weight is 489 g/mol. The number of H-pyrrole nitrogens is 1. The fourth-order valence-electron chi connectivity index (χ4n) is 3.81. The fourth-order valence-corrected chi connectivity index (χ4v) is 3.81. The largest absolute Gasteiger partial charge is 0.455 e. The van der Waals surface area contributed by atoms with Crippen molar-refractivity contribution >= 4 is 23.4 Å². The first-order valence-corrected chi connectivity index (χ1v) is 11.9. The van der Waals surface area contributed by atoms with E-state index in [9.17, 15) is 19.2 Å². The van der Waals surface area contributed by atoms with E-state index in [1.165, 1.54) is 11.7 Å². The lowest BCUT2D eigenvalue weighted by molar-refractivity contribution is -0.150. The van der Waals surface area contributed by atoms with Gasteiger partial charge in [0.25, 0.3) is 11.5 Å². The molecule has 0 aliphatic rings. The SMILES string of the molecule is CCCCn1c(N)c(N(CCOC)C(=O)COC(=O)C(c2ccccc2)C(C)CC)c(=O)[nH]c1=O. The minimum atomic E-state index is -0.794. The van der Waals surface area contributed by atoms with E-state index in [0.29, 0.717) is 13.0 Å². The number of methoxy groups -OCH3 is 1. The second-order valence-electron chi connectivity index (χ2n) is 8.42. The summed E-state index contributed by atoms with van der Waals surface area (Å²) in [5.74, 6) is -1.84. The van der Waals surface area contributed by atoms with Crippen LogP contribution in [0.2, 0.25) is 0 Å². The highest BCUT2D eigenvalue weighted by atomic mass is 16.5. The molecule has 0 radical (unpaired) electrons. The highest BCUT2D eigenvalue weighted by Crippen LogP contribution is 2.28. The molecule has 3 N–H and O–H groups in total. The summed E-state index contributed by atoms with van der Waals surface area (Å²) in [6.07, 6.45) is 2.21. The van der Waals surface area contributed by atoms with E-state index < -0.39 is 35.7 Å². The summed E-state index contributed by atoms with van der Waals surface area (Å²) in [5, 5.41) is 0. The summed E-state index contributed by atoms with van der Waals surface area (Å²) >= 11 is 0. The van der Waals surface area contributed by atoms with Gasteiger partial charge in [0, 0.05) is 20.2 Å². The van der Waals surface area contributed by atoms with Crippen molar-refractivity contribution in [1.29, 1.82) is 0 Å². The minimum Gasteiger partial charge on any atom is -0.455 e. The van der Waals surface area contributed by atoms with E-state index >= 15 is 0 Å². The van der Waals surface area contributed by atoms with E-state index in [2.05, 4.69) is 4.98 Å². The van der Waals surface area contributed by atoms with Crippen molar-refractivity contribution in [2.75, 3.05) is 37.5 Å². The average Bonchev–Trinajstić information content (AvgIpc) is 2.84. The van der Waals surface area contributed by atoms with Crippen molar-refractivity contribution in [2.45, 2.75) is 52.5 Å². The van der Waals surface area contributed by atoms with Crippen LogP contribution in [0.3, 0.4) is 0 Å². The van der Waals surface area contributed by atoms with E-state index in [1.54, 1.807) is 0 Å². The summed E-state index contributed by atoms with van der Waals surface area (Å²) in [7, 11) is 1.45. The molecule has 192 valence electrons. The molecular formula is C25H36N4O6. The van der Waals surface area contributed by atoms with Crippen LogP contribution < -0.4 is 21.9 Å². The third-order valence-corrected chi connectivity index (χ3v) is 6.00. The second-order valence-corrected chi connectivity index (χ2v) is 8.42. The zero-order chi connectivity index (χ0) is 26.0. The number of hydrogen-bond acceptors (Lipinski definition) is 7. The highest BCUT2D eigenvalue weighted by molar-refractivity contribution is 5.97. The van der Waals surface area contributed by atoms with Gasteiger partial charge in [0.05, 0.1) is 12.5 Å². The lowest BCUT2D eigenvalue weighted by Crippen LogP contribution is -2.44. The number of nitrogens with zero attached hydrogens (tertiary/aromatic N) is 2. The number of unbranched alkanes of at least 4 members (excludes halogenated alkanes) is 1. The molecule has 0 spiro atoms. The van der Waals surface area contributed by atoms with E-state index in [-0.39, 0.29) is 30.6 Å². The van der Waals surface area contributed by atoms with Gasteiger partial charge < -0.3 is 15.2 Å². The third-order valence-electron chi connectivity index (χ3n) is 6.00. The first-order valence-electron chi connectivity index (χ1n) is 11.9. The van der Waals surface area contributed by atoms with Crippen molar-refractivity contribution in [3.8, 4) is 0 Å². The minimum absolute atomic E-state index is 0.00907. The molecule has 1 heterocycles. The molecule has 10 nitrogen and oxygen atoms in total. The van der Waals surface area contributed by atoms with Gasteiger partial charge in [-0.05, 0) is 17.9 Å². The van der Waals surface area contributed by atoms with Crippen LogP contribution in [-0.4, -0.2) is 48.3 Å². The first-order chi connectivity index (χ1) is 16.8. The predicted octanol–water partition coefficient (Wildman–Crippen LogP) is 2.27. The van der Waals surface area contributed by atoms with Crippen LogP contribution in [-0.2, 0) is 25.6 Å². The quantitative estimate of drug-likeness (QED) is 0.413. The van der Waals surface area contributed by atoms with Crippen LogP contribution in [0.4, 0.5) is 11.5 Å². The fraction of sp³-hybridized carbons (Fsp3) is 0.520. The van der Waals surface area contributed by atoms with Crippen LogP contribution in [0, 0.1) is 5.92 Å². The highest BCUT2D eigenvalue weighted by Gasteiger charge is 2.30. The normalized spacial score (nSPS) is 12.7. The van der Waals surface area contributed by atoms with Gasteiger partial charge in [-0.3, -0.25) is 28.8 Å². The Morgan fingerprint density at radius 3 is 2.46 bits per heavy atom. The Morgan fingerprint density at radius 2 is 1.86 bits per heavy atom. The summed E-state index contributed by atoms with van der Waals surface area (Å²) in [4.78, 5) is 54.4. The number of carbonyl (C=O) groups excluding carboxylic acids is 2. The number of nitrogens with one attached hydrogen (secondary N) is 1. The number of rotatable bonds is 13. The number of anilines is 2. The Hall–Kier alpha value is -3.40. The lowest BCUT2D eigenvalue weighted by Gasteiger charge is -2.25. The van der Waals surface area contributed by atoms with Gasteiger partial charge in [-0.1, -0.05) is 63.9 Å². The molecule has 1 aromatic heterocycles. The van der Waals surface area contributed by atoms with Gasteiger partial charge in [0.1, 0.15) is 5.82 Å². The molecule has 1 amide bonds. The molecule has 1 aromatic carbocycles. The number of ether oxygens (including phenoxy) is 2. The molecule has 35 heavy (non-hydrogen) atoms. The number of nitrogens with two attached hydrogens (primary N) is 1. The van der Waals surface area contributed by atoms with E-state index in [0.717, 1.165) is 23.3 Å². The number of esters is 1. The third kappa shape index (κ3) is 7.05. The summed E-state index contributed by atoms with van der Waals surface area (Å²) in [6.45, 7) is 5.68. The number of aromatic nitrogens is 2. The smallest absolute Gasteiger partial charge is 0.330 e. The zero-order valence-electron chi connectivity index (χ0n) is 20.9. The number of carbonyl (C=O) groups is 2. The maximum absolute atomic E-state index is 13.2. The van der Waals surface area contributed by atoms with Gasteiger partial charge >= 0.3 is 11.7 Å². The molecule has 0 bridgehead atoms. The van der Waals surface area contributed by atoms with Crippen LogP contribution in [0.5, 0.6) is 0 Å². The van der Waals surface area contributed by atoms with Crippen LogP contribution in [0.1, 0.15) is 51.5 Å². The van der Waals surface area contributed by atoms with Crippen LogP contribution in [0.25, 0.3) is 0 Å². The van der Waals surface area contributed by atoms with Gasteiger partial charge in [0.15, 0.2) is 12.3 Å². The van der Waals surface area contributed by atoms with Gasteiger partial charge in [-0.15, -0.1) is 0 Å². The van der Waals surface area contributed by atoms with E-state index in [1.807, 2.05) is 51.1 Å². The topological polar surface area (TPSA) is 137 Å². The lowest BCUT2D eigenvalue weighted by atomic mass is 9.86. The Balaban J connectivity index is 2.32. The van der Waals surface area contributed by atoms with Crippen molar-refractivity contribution in [3.05, 3.63) is 56.7 Å².